The molecule has 1 atom stereocenters. The average molecular weight is 413 g/mol. The predicted octanol–water partition coefficient (Wildman–Crippen LogP) is 4.14. The fourth-order valence-electron chi connectivity index (χ4n) is 3.51. The van der Waals surface area contributed by atoms with Gasteiger partial charge >= 0.3 is 5.97 Å². The Labute approximate surface area is 175 Å². The van der Waals surface area contributed by atoms with Crippen molar-refractivity contribution in [3.63, 3.8) is 0 Å². The molecule has 0 bridgehead atoms. The van der Waals surface area contributed by atoms with Crippen LogP contribution in [0.15, 0.2) is 22.9 Å². The summed E-state index contributed by atoms with van der Waals surface area (Å²) in [5.74, 6) is 0.885. The van der Waals surface area contributed by atoms with Crippen molar-refractivity contribution in [2.24, 2.45) is 0 Å². The van der Waals surface area contributed by atoms with E-state index in [0.717, 1.165) is 22.2 Å². The molecule has 0 unspecified atom stereocenters. The van der Waals surface area contributed by atoms with Crippen molar-refractivity contribution in [1.29, 1.82) is 0 Å². The second-order valence-corrected chi connectivity index (χ2v) is 7.04. The molecule has 0 fully saturated rings. The van der Waals surface area contributed by atoms with Gasteiger partial charge < -0.3 is 24.1 Å². The van der Waals surface area contributed by atoms with E-state index in [4.69, 9.17) is 18.7 Å². The van der Waals surface area contributed by atoms with Crippen molar-refractivity contribution in [1.82, 2.24) is 10.1 Å². The first kappa shape index (κ1) is 21.6. The number of benzene rings is 1. The zero-order valence-electron chi connectivity index (χ0n) is 18.2. The molecule has 0 aliphatic rings. The average Bonchev–Trinajstić information content (AvgIpc) is 3.05. The van der Waals surface area contributed by atoms with Gasteiger partial charge in [-0.1, -0.05) is 5.16 Å². The molecule has 8 nitrogen and oxygen atoms in total. The number of carbonyl (C=O) groups excluding carboxylic acids is 1. The number of methoxy groups -OCH3 is 2. The smallest absolute Gasteiger partial charge is 0.341 e. The van der Waals surface area contributed by atoms with Crippen LogP contribution in [-0.2, 0) is 9.47 Å². The maximum Gasteiger partial charge on any atom is 0.341 e. The number of rotatable bonds is 8. The number of ether oxygens (including phenoxy) is 3. The number of carbonyl (C=O) groups is 1. The Morgan fingerprint density at radius 2 is 2.03 bits per heavy atom. The largest absolute Gasteiger partial charge is 0.496 e. The number of pyridine rings is 1. The lowest BCUT2D eigenvalue weighted by Crippen LogP contribution is -2.23. The van der Waals surface area contributed by atoms with Gasteiger partial charge in [0.15, 0.2) is 0 Å². The van der Waals surface area contributed by atoms with E-state index >= 15 is 0 Å². The standard InChI is InChI=1S/C22H27N3O5/c1-7-29-22(26)17-10-23-18-8-16(20-13(3)25-30-14(20)4)19(28-6)9-15(18)21(17)24-12(2)11-27-5/h8-10,12H,7,11H2,1-6H3,(H,23,24)/t12-/m1/s1. The number of esters is 1. The van der Waals surface area contributed by atoms with Crippen LogP contribution in [0.5, 0.6) is 5.75 Å². The molecule has 0 aliphatic carbocycles. The van der Waals surface area contributed by atoms with Crippen LogP contribution >= 0.6 is 0 Å². The summed E-state index contributed by atoms with van der Waals surface area (Å²) < 4.78 is 21.5. The summed E-state index contributed by atoms with van der Waals surface area (Å²) in [6, 6.07) is 3.75. The van der Waals surface area contributed by atoms with Crippen LogP contribution in [-0.4, -0.2) is 49.6 Å². The van der Waals surface area contributed by atoms with E-state index in [1.165, 1.54) is 6.20 Å². The highest BCUT2D eigenvalue weighted by atomic mass is 16.5. The van der Waals surface area contributed by atoms with Gasteiger partial charge in [-0.2, -0.15) is 0 Å². The molecule has 1 N–H and O–H groups in total. The Hall–Kier alpha value is -3.13. The number of hydrogen-bond acceptors (Lipinski definition) is 8. The number of aromatic nitrogens is 2. The first-order chi connectivity index (χ1) is 14.4. The minimum Gasteiger partial charge on any atom is -0.496 e. The molecule has 30 heavy (non-hydrogen) atoms. The minimum absolute atomic E-state index is 0.0398. The topological polar surface area (TPSA) is 95.7 Å². The summed E-state index contributed by atoms with van der Waals surface area (Å²) in [5, 5.41) is 8.16. The fourth-order valence-corrected chi connectivity index (χ4v) is 3.51. The van der Waals surface area contributed by atoms with E-state index < -0.39 is 5.97 Å². The molecule has 0 saturated carbocycles. The molecule has 160 valence electrons. The Morgan fingerprint density at radius 1 is 1.27 bits per heavy atom. The van der Waals surface area contributed by atoms with E-state index in [1.807, 2.05) is 32.9 Å². The molecular weight excluding hydrogens is 386 g/mol. The van der Waals surface area contributed by atoms with Gasteiger partial charge in [0.1, 0.15) is 17.1 Å². The number of aryl methyl sites for hydroxylation is 2. The van der Waals surface area contributed by atoms with Crippen molar-refractivity contribution in [3.05, 3.63) is 35.3 Å². The third-order valence-corrected chi connectivity index (χ3v) is 4.79. The van der Waals surface area contributed by atoms with E-state index in [9.17, 15) is 4.79 Å². The quantitative estimate of drug-likeness (QED) is 0.551. The summed E-state index contributed by atoms with van der Waals surface area (Å²) in [6.07, 6.45) is 1.53. The van der Waals surface area contributed by atoms with Crippen LogP contribution < -0.4 is 10.1 Å². The second-order valence-electron chi connectivity index (χ2n) is 7.04. The predicted molar refractivity (Wildman–Crippen MR) is 114 cm³/mol. The summed E-state index contributed by atoms with van der Waals surface area (Å²) in [7, 11) is 3.24. The molecule has 3 rings (SSSR count). The summed E-state index contributed by atoms with van der Waals surface area (Å²) >= 11 is 0. The number of hydrogen-bond donors (Lipinski definition) is 1. The minimum atomic E-state index is -0.437. The highest BCUT2D eigenvalue weighted by molar-refractivity contribution is 6.06. The van der Waals surface area contributed by atoms with Gasteiger partial charge in [-0.05, 0) is 39.8 Å². The molecule has 0 spiro atoms. The zero-order valence-corrected chi connectivity index (χ0v) is 18.2. The van der Waals surface area contributed by atoms with Gasteiger partial charge in [-0.3, -0.25) is 4.98 Å². The van der Waals surface area contributed by atoms with Gasteiger partial charge in [0.2, 0.25) is 0 Å². The third kappa shape index (κ3) is 4.09. The first-order valence-corrected chi connectivity index (χ1v) is 9.77. The van der Waals surface area contributed by atoms with Gasteiger partial charge in [-0.15, -0.1) is 0 Å². The highest BCUT2D eigenvalue weighted by Gasteiger charge is 2.22. The van der Waals surface area contributed by atoms with Gasteiger partial charge in [0, 0.05) is 30.3 Å². The van der Waals surface area contributed by atoms with E-state index in [-0.39, 0.29) is 12.6 Å². The van der Waals surface area contributed by atoms with Gasteiger partial charge in [0.05, 0.1) is 42.8 Å². The van der Waals surface area contributed by atoms with Crippen molar-refractivity contribution in [2.45, 2.75) is 33.7 Å². The van der Waals surface area contributed by atoms with E-state index in [1.54, 1.807) is 21.1 Å². The summed E-state index contributed by atoms with van der Waals surface area (Å²) in [5.41, 5.74) is 4.15. The number of nitrogens with zero attached hydrogens (tertiary/aromatic N) is 2. The SMILES string of the molecule is CCOC(=O)c1cnc2cc(-c3c(C)noc3C)c(OC)cc2c1N[C@H](C)COC. The molecule has 2 aromatic heterocycles. The number of nitrogens with one attached hydrogen (secondary N) is 1. The van der Waals surface area contributed by atoms with Crippen LogP contribution in [0.4, 0.5) is 5.69 Å². The maximum absolute atomic E-state index is 12.6. The molecule has 0 saturated heterocycles. The lowest BCUT2D eigenvalue weighted by molar-refractivity contribution is 0.0527. The van der Waals surface area contributed by atoms with E-state index in [2.05, 4.69) is 15.5 Å². The maximum atomic E-state index is 12.6. The fraction of sp³-hybridized carbons (Fsp3) is 0.409. The lowest BCUT2D eigenvalue weighted by Gasteiger charge is -2.20. The Kier molecular flexibility index (Phi) is 6.56. The Balaban J connectivity index is 2.24. The van der Waals surface area contributed by atoms with Crippen LogP contribution in [0, 0.1) is 13.8 Å². The number of anilines is 1. The summed E-state index contributed by atoms with van der Waals surface area (Å²) in [4.78, 5) is 17.1. The molecule has 2 heterocycles. The molecule has 0 amide bonds. The van der Waals surface area contributed by atoms with Crippen molar-refractivity contribution >= 4 is 22.6 Å². The molecule has 1 aromatic carbocycles. The molecule has 0 aliphatic heterocycles. The van der Waals surface area contributed by atoms with Crippen LogP contribution in [0.1, 0.15) is 35.7 Å². The van der Waals surface area contributed by atoms with Crippen LogP contribution in [0.25, 0.3) is 22.0 Å². The Morgan fingerprint density at radius 3 is 2.63 bits per heavy atom. The highest BCUT2D eigenvalue weighted by Crippen LogP contribution is 2.39. The zero-order chi connectivity index (χ0) is 21.8. The Bertz CT molecular complexity index is 1040. The van der Waals surface area contributed by atoms with Crippen LogP contribution in [0.2, 0.25) is 0 Å². The monoisotopic (exact) mass is 413 g/mol. The van der Waals surface area contributed by atoms with Gasteiger partial charge in [0.25, 0.3) is 0 Å². The summed E-state index contributed by atoms with van der Waals surface area (Å²) in [6.45, 7) is 8.23. The third-order valence-electron chi connectivity index (χ3n) is 4.79. The van der Waals surface area contributed by atoms with E-state index in [0.29, 0.717) is 34.9 Å². The van der Waals surface area contributed by atoms with Crippen molar-refractivity contribution < 1.29 is 23.5 Å². The molecule has 3 aromatic rings. The van der Waals surface area contributed by atoms with Gasteiger partial charge in [-0.25, -0.2) is 4.79 Å². The van der Waals surface area contributed by atoms with Crippen LogP contribution in [0.3, 0.4) is 0 Å². The first-order valence-electron chi connectivity index (χ1n) is 9.77. The molecule has 0 radical (unpaired) electrons. The lowest BCUT2D eigenvalue weighted by atomic mass is 9.99. The number of fused-ring (bicyclic) bond motifs is 1. The second kappa shape index (κ2) is 9.13. The van der Waals surface area contributed by atoms with Crippen molar-refractivity contribution in [3.8, 4) is 16.9 Å². The van der Waals surface area contributed by atoms with Crippen molar-refractivity contribution in [2.75, 3.05) is 32.8 Å². The normalized spacial score (nSPS) is 12.1. The molecular formula is C22H27N3O5. The molecule has 8 heteroatoms.